The molecule has 5 rings (SSSR count). The van der Waals surface area contributed by atoms with Crippen molar-refractivity contribution in [1.82, 2.24) is 20.4 Å². The minimum atomic E-state index is -0.797. The predicted molar refractivity (Wildman–Crippen MR) is 124 cm³/mol. The van der Waals surface area contributed by atoms with Crippen LogP contribution in [0.15, 0.2) is 41.2 Å². The van der Waals surface area contributed by atoms with Gasteiger partial charge in [0.15, 0.2) is 0 Å². The third-order valence-corrected chi connectivity index (χ3v) is 6.82. The molecule has 1 aliphatic heterocycles. The van der Waals surface area contributed by atoms with Crippen molar-refractivity contribution in [2.45, 2.75) is 36.9 Å². The molecule has 2 unspecified atom stereocenters. The largest absolute Gasteiger partial charge is 0.375 e. The lowest BCUT2D eigenvalue weighted by Crippen LogP contribution is -2.62. The van der Waals surface area contributed by atoms with Gasteiger partial charge in [-0.3, -0.25) is 9.59 Å². The first kappa shape index (κ1) is 21.4. The number of nitrogens with one attached hydrogen (secondary N) is 3. The van der Waals surface area contributed by atoms with Crippen LogP contribution in [0.2, 0.25) is 0 Å². The number of carbonyl (C=O) groups excluding carboxylic acids is 1. The van der Waals surface area contributed by atoms with E-state index in [0.717, 1.165) is 12.5 Å². The van der Waals surface area contributed by atoms with Gasteiger partial charge in [0.25, 0.3) is 5.56 Å². The first-order chi connectivity index (χ1) is 15.8. The highest BCUT2D eigenvalue weighted by atomic mass is 32.1. The van der Waals surface area contributed by atoms with Gasteiger partial charge in [-0.05, 0) is 49.1 Å². The maximum Gasteiger partial charge on any atom is 0.272 e. The number of hydrogen-bond acceptors (Lipinski definition) is 5. The number of aromatic amines is 1. The highest BCUT2D eigenvalue weighted by molar-refractivity contribution is 7.78. The fourth-order valence-corrected chi connectivity index (χ4v) is 5.12. The molecule has 170 valence electrons. The normalized spacial score (nSPS) is 20.5. The second kappa shape index (κ2) is 7.87. The molecule has 2 aromatic carbocycles. The number of aromatic nitrogens is 2. The van der Waals surface area contributed by atoms with Gasteiger partial charge in [0.05, 0.1) is 22.6 Å². The second-order valence-electron chi connectivity index (χ2n) is 8.55. The summed E-state index contributed by atoms with van der Waals surface area (Å²) in [5.41, 5.74) is 1.54. The van der Waals surface area contributed by atoms with Crippen LogP contribution in [-0.2, 0) is 4.79 Å². The van der Waals surface area contributed by atoms with Crippen LogP contribution in [0.1, 0.15) is 42.6 Å². The number of thiocarbonyl (C=S) groups is 1. The van der Waals surface area contributed by atoms with Gasteiger partial charge >= 0.3 is 0 Å². The molecule has 1 aromatic heterocycles. The monoisotopic (exact) mass is 469 g/mol. The molecule has 0 radical (unpaired) electrons. The molecule has 2 atom stereocenters. The van der Waals surface area contributed by atoms with Crippen LogP contribution in [0, 0.1) is 11.6 Å². The Bertz CT molecular complexity index is 1320. The molecule has 0 bridgehead atoms. The fraction of sp³-hybridized carbons (Fsp3) is 0.304. The van der Waals surface area contributed by atoms with Crippen molar-refractivity contribution in [3.8, 4) is 0 Å². The van der Waals surface area contributed by atoms with Gasteiger partial charge in [-0.1, -0.05) is 24.4 Å². The zero-order valence-electron chi connectivity index (χ0n) is 17.7. The Morgan fingerprint density at radius 3 is 2.61 bits per heavy atom. The number of halogens is 2. The Kier molecular flexibility index (Phi) is 5.12. The smallest absolute Gasteiger partial charge is 0.272 e. The van der Waals surface area contributed by atoms with Crippen molar-refractivity contribution in [2.24, 2.45) is 0 Å². The lowest BCUT2D eigenvalue weighted by Gasteiger charge is -2.46. The third-order valence-electron chi connectivity index (χ3n) is 6.71. The van der Waals surface area contributed by atoms with Crippen molar-refractivity contribution in [2.75, 3.05) is 12.4 Å². The quantitative estimate of drug-likeness (QED) is 0.497. The summed E-state index contributed by atoms with van der Waals surface area (Å²) in [5, 5.41) is 13.6. The van der Waals surface area contributed by atoms with Crippen LogP contribution in [0.4, 0.5) is 14.5 Å². The van der Waals surface area contributed by atoms with Gasteiger partial charge < -0.3 is 15.5 Å². The Morgan fingerprint density at radius 1 is 1.24 bits per heavy atom. The fourth-order valence-electron chi connectivity index (χ4n) is 4.89. The molecular formula is C23H21F2N5O2S. The Morgan fingerprint density at radius 2 is 1.97 bits per heavy atom. The van der Waals surface area contributed by atoms with E-state index < -0.39 is 34.8 Å². The number of H-pyrrole nitrogens is 1. The summed E-state index contributed by atoms with van der Waals surface area (Å²) < 4.78 is 28.0. The molecule has 7 nitrogen and oxygen atoms in total. The number of amides is 1. The first-order valence-corrected chi connectivity index (χ1v) is 11.0. The Hall–Kier alpha value is -3.40. The second-order valence-corrected chi connectivity index (χ2v) is 8.78. The number of benzene rings is 2. The average Bonchev–Trinajstić information content (AvgIpc) is 2.77. The number of likely N-dealkylation sites (N-methyl/N-ethyl adjacent to an activating group) is 1. The molecule has 3 aromatic rings. The molecule has 33 heavy (non-hydrogen) atoms. The van der Waals surface area contributed by atoms with Crippen molar-refractivity contribution in [1.29, 1.82) is 0 Å². The molecule has 1 saturated carbocycles. The summed E-state index contributed by atoms with van der Waals surface area (Å²) in [6, 6.07) is 7.09. The third kappa shape index (κ3) is 3.36. The molecular weight excluding hydrogens is 448 g/mol. The van der Waals surface area contributed by atoms with Gasteiger partial charge in [-0.2, -0.15) is 5.10 Å². The zero-order chi connectivity index (χ0) is 23.3. The molecule has 0 saturated heterocycles. The van der Waals surface area contributed by atoms with Crippen LogP contribution in [0.25, 0.3) is 10.8 Å². The molecule has 3 N–H and O–H groups in total. The van der Waals surface area contributed by atoms with Gasteiger partial charge in [-0.25, -0.2) is 13.9 Å². The van der Waals surface area contributed by atoms with E-state index in [4.69, 9.17) is 12.2 Å². The van der Waals surface area contributed by atoms with E-state index in [0.29, 0.717) is 35.2 Å². The number of anilines is 1. The average molecular weight is 470 g/mol. The van der Waals surface area contributed by atoms with Crippen LogP contribution in [0.3, 0.4) is 0 Å². The van der Waals surface area contributed by atoms with E-state index in [1.54, 1.807) is 24.1 Å². The summed E-state index contributed by atoms with van der Waals surface area (Å²) in [6.45, 7) is 0. The van der Waals surface area contributed by atoms with Gasteiger partial charge in [-0.15, -0.1) is 0 Å². The van der Waals surface area contributed by atoms with Crippen molar-refractivity contribution < 1.29 is 13.6 Å². The summed E-state index contributed by atoms with van der Waals surface area (Å²) in [4.78, 5) is 27.7. The van der Waals surface area contributed by atoms with Gasteiger partial charge in [0, 0.05) is 18.1 Å². The highest BCUT2D eigenvalue weighted by Gasteiger charge is 2.48. The topological polar surface area (TPSA) is 90.1 Å². The molecule has 1 aliphatic carbocycles. The number of hydrogen-bond donors (Lipinski definition) is 3. The minimum absolute atomic E-state index is 0.140. The molecule has 0 spiro atoms. The van der Waals surface area contributed by atoms with Crippen LogP contribution < -0.4 is 16.2 Å². The van der Waals surface area contributed by atoms with Crippen LogP contribution in [0.5, 0.6) is 0 Å². The Labute approximate surface area is 193 Å². The van der Waals surface area contributed by atoms with E-state index in [1.165, 1.54) is 23.7 Å². The maximum absolute atomic E-state index is 14.3. The summed E-state index contributed by atoms with van der Waals surface area (Å²) in [7, 11) is 1.67. The van der Waals surface area contributed by atoms with Crippen molar-refractivity contribution in [3.05, 3.63) is 69.6 Å². The zero-order valence-corrected chi connectivity index (χ0v) is 18.5. The van der Waals surface area contributed by atoms with Crippen molar-refractivity contribution >= 4 is 40.1 Å². The lowest BCUT2D eigenvalue weighted by atomic mass is 9.75. The Balaban J connectivity index is 1.69. The van der Waals surface area contributed by atoms with Gasteiger partial charge in [0.1, 0.15) is 23.2 Å². The predicted octanol–water partition coefficient (Wildman–Crippen LogP) is 3.34. The summed E-state index contributed by atoms with van der Waals surface area (Å²) in [6.07, 6.45) is 2.17. The number of carbonyl (C=O) groups is 1. The SMILES string of the molecule is CN(C(=O)C1(NC=S)CCC1)C1c2n[nH]c(=O)c3cc(F)cc(c23)NC1c1ccc(F)cc1. The van der Waals surface area contributed by atoms with Gasteiger partial charge in [0.2, 0.25) is 5.91 Å². The summed E-state index contributed by atoms with van der Waals surface area (Å²) in [5.74, 6) is -1.14. The number of nitrogens with zero attached hydrogens (tertiary/aromatic N) is 2. The van der Waals surface area contributed by atoms with E-state index in [-0.39, 0.29) is 11.3 Å². The highest BCUT2D eigenvalue weighted by Crippen LogP contribution is 2.46. The molecule has 10 heteroatoms. The number of rotatable bonds is 5. The van der Waals surface area contributed by atoms with E-state index in [9.17, 15) is 18.4 Å². The van der Waals surface area contributed by atoms with E-state index in [1.807, 2.05) is 0 Å². The van der Waals surface area contributed by atoms with Crippen molar-refractivity contribution in [3.63, 3.8) is 0 Å². The molecule has 1 fully saturated rings. The van der Waals surface area contributed by atoms with E-state index >= 15 is 0 Å². The standard InChI is InChI=1S/C23H21F2N5O2S/c1-30(22(32)23(26-11-33)7-2-8-23)20-18(12-3-5-13(24)6-4-12)27-16-10-14(25)9-15-17(16)19(20)28-29-21(15)31/h3-6,9-11,18,20,27H,2,7-8H2,1H3,(H,26,33)(H,29,31). The van der Waals surface area contributed by atoms with Crippen LogP contribution in [-0.4, -0.2) is 39.1 Å². The molecule has 2 heterocycles. The molecule has 1 amide bonds. The minimum Gasteiger partial charge on any atom is -0.375 e. The summed E-state index contributed by atoms with van der Waals surface area (Å²) >= 11 is 4.96. The molecule has 2 aliphatic rings. The van der Waals surface area contributed by atoms with E-state index in [2.05, 4.69) is 20.8 Å². The van der Waals surface area contributed by atoms with Crippen LogP contribution >= 0.6 is 12.2 Å². The first-order valence-electron chi connectivity index (χ1n) is 10.6. The maximum atomic E-state index is 14.3. The lowest BCUT2D eigenvalue weighted by molar-refractivity contribution is -0.142.